The first-order valence-electron chi connectivity index (χ1n) is 7.14. The van der Waals surface area contributed by atoms with E-state index in [4.69, 9.17) is 4.74 Å². The second-order valence-electron chi connectivity index (χ2n) is 4.90. The lowest BCUT2D eigenvalue weighted by molar-refractivity contribution is -0.139. The Balaban J connectivity index is 1.64. The number of aromatic nitrogens is 1. The quantitative estimate of drug-likeness (QED) is 0.681. The number of ether oxygens (including phenoxy) is 1. The van der Waals surface area contributed by atoms with Crippen LogP contribution in [0.25, 0.3) is 10.6 Å². The largest absolute Gasteiger partial charge is 0.469 e. The molecule has 0 spiro atoms. The van der Waals surface area contributed by atoms with Crippen LogP contribution in [0.1, 0.15) is 10.4 Å². The molecule has 0 atom stereocenters. The highest BCUT2D eigenvalue weighted by Gasteiger charge is 2.10. The smallest absolute Gasteiger partial charge is 0.310 e. The van der Waals surface area contributed by atoms with E-state index >= 15 is 0 Å². The lowest BCUT2D eigenvalue weighted by atomic mass is 10.2. The van der Waals surface area contributed by atoms with Gasteiger partial charge in [0, 0.05) is 16.8 Å². The molecule has 1 N–H and O–H groups in total. The van der Waals surface area contributed by atoms with Crippen LogP contribution in [0.2, 0.25) is 0 Å². The standard InChI is InChI=1S/C17H16N2O2S2/c1-21-16(20)9-13-7-8-15(23-13)14-11-22-17(19-14)18-10-12-5-3-2-4-6-12/h2-8,11H,9-10H2,1H3,(H,18,19). The van der Waals surface area contributed by atoms with Gasteiger partial charge in [-0.1, -0.05) is 30.3 Å². The van der Waals surface area contributed by atoms with Crippen LogP contribution in [0.15, 0.2) is 47.8 Å². The van der Waals surface area contributed by atoms with Gasteiger partial charge in [0.15, 0.2) is 5.13 Å². The Kier molecular flexibility index (Phi) is 5.05. The third kappa shape index (κ3) is 4.18. The van der Waals surface area contributed by atoms with Crippen molar-refractivity contribution >= 4 is 33.8 Å². The molecule has 0 aliphatic heterocycles. The summed E-state index contributed by atoms with van der Waals surface area (Å²) in [6.45, 7) is 0.756. The molecule has 118 valence electrons. The summed E-state index contributed by atoms with van der Waals surface area (Å²) in [6, 6.07) is 14.2. The van der Waals surface area contributed by atoms with Gasteiger partial charge in [-0.05, 0) is 17.7 Å². The molecule has 2 aromatic heterocycles. The zero-order chi connectivity index (χ0) is 16.1. The summed E-state index contributed by atoms with van der Waals surface area (Å²) in [5.74, 6) is -0.220. The minimum absolute atomic E-state index is 0.220. The summed E-state index contributed by atoms with van der Waals surface area (Å²) in [5.41, 5.74) is 2.16. The van der Waals surface area contributed by atoms with E-state index in [0.29, 0.717) is 6.42 Å². The number of carbonyl (C=O) groups excluding carboxylic acids is 1. The molecule has 0 amide bonds. The second-order valence-corrected chi connectivity index (χ2v) is 6.92. The van der Waals surface area contributed by atoms with Gasteiger partial charge in [-0.3, -0.25) is 4.79 Å². The van der Waals surface area contributed by atoms with Gasteiger partial charge in [0.25, 0.3) is 0 Å². The van der Waals surface area contributed by atoms with Crippen molar-refractivity contribution in [3.05, 3.63) is 58.3 Å². The molecule has 4 nitrogen and oxygen atoms in total. The van der Waals surface area contributed by atoms with Gasteiger partial charge in [-0.25, -0.2) is 4.98 Å². The first kappa shape index (κ1) is 15.7. The van der Waals surface area contributed by atoms with Crippen molar-refractivity contribution in [1.82, 2.24) is 4.98 Å². The summed E-state index contributed by atoms with van der Waals surface area (Å²) in [5, 5.41) is 6.26. The number of nitrogens with one attached hydrogen (secondary N) is 1. The molecule has 0 aliphatic carbocycles. The molecule has 3 rings (SSSR count). The number of nitrogens with zero attached hydrogens (tertiary/aromatic N) is 1. The highest BCUT2D eigenvalue weighted by Crippen LogP contribution is 2.31. The first-order valence-corrected chi connectivity index (χ1v) is 8.83. The van der Waals surface area contributed by atoms with Crippen LogP contribution in [0.5, 0.6) is 0 Å². The monoisotopic (exact) mass is 344 g/mol. The van der Waals surface area contributed by atoms with Crippen molar-refractivity contribution in [2.45, 2.75) is 13.0 Å². The predicted octanol–water partition coefficient (Wildman–Crippen LogP) is 4.20. The van der Waals surface area contributed by atoms with E-state index in [0.717, 1.165) is 27.1 Å². The number of hydrogen-bond donors (Lipinski definition) is 1. The van der Waals surface area contributed by atoms with Gasteiger partial charge < -0.3 is 10.1 Å². The Morgan fingerprint density at radius 2 is 2.04 bits per heavy atom. The number of thiazole rings is 1. The van der Waals surface area contributed by atoms with Crippen molar-refractivity contribution in [2.75, 3.05) is 12.4 Å². The minimum atomic E-state index is -0.220. The van der Waals surface area contributed by atoms with Crippen molar-refractivity contribution in [3.8, 4) is 10.6 Å². The Labute approximate surface area is 142 Å². The topological polar surface area (TPSA) is 51.2 Å². The highest BCUT2D eigenvalue weighted by molar-refractivity contribution is 7.17. The van der Waals surface area contributed by atoms with Crippen LogP contribution in [-0.4, -0.2) is 18.1 Å². The summed E-state index contributed by atoms with van der Waals surface area (Å²) in [4.78, 5) is 18.0. The number of esters is 1. The SMILES string of the molecule is COC(=O)Cc1ccc(-c2csc(NCc3ccccc3)n2)s1. The maximum absolute atomic E-state index is 11.3. The Morgan fingerprint density at radius 1 is 1.22 bits per heavy atom. The Bertz CT molecular complexity index is 781. The molecule has 0 fully saturated rings. The molecule has 0 radical (unpaired) electrons. The zero-order valence-corrected chi connectivity index (χ0v) is 14.2. The third-order valence-electron chi connectivity index (χ3n) is 3.25. The Morgan fingerprint density at radius 3 is 2.83 bits per heavy atom. The van der Waals surface area contributed by atoms with Crippen LogP contribution < -0.4 is 5.32 Å². The lowest BCUT2D eigenvalue weighted by Gasteiger charge is -2.01. The fraction of sp³-hybridized carbons (Fsp3) is 0.176. The fourth-order valence-corrected chi connectivity index (χ4v) is 3.80. The maximum atomic E-state index is 11.3. The van der Waals surface area contributed by atoms with Crippen LogP contribution in [-0.2, 0) is 22.5 Å². The number of rotatable bonds is 6. The van der Waals surface area contributed by atoms with Gasteiger partial charge >= 0.3 is 5.97 Å². The summed E-state index contributed by atoms with van der Waals surface area (Å²) < 4.78 is 4.69. The molecule has 0 saturated heterocycles. The first-order chi connectivity index (χ1) is 11.2. The van der Waals surface area contributed by atoms with Gasteiger partial charge in [-0.15, -0.1) is 22.7 Å². The minimum Gasteiger partial charge on any atom is -0.469 e. The van der Waals surface area contributed by atoms with Gasteiger partial charge in [0.2, 0.25) is 0 Å². The highest BCUT2D eigenvalue weighted by atomic mass is 32.1. The van der Waals surface area contributed by atoms with Crippen molar-refractivity contribution in [1.29, 1.82) is 0 Å². The molecule has 0 saturated carbocycles. The molecule has 23 heavy (non-hydrogen) atoms. The summed E-state index contributed by atoms with van der Waals surface area (Å²) >= 11 is 3.16. The third-order valence-corrected chi connectivity index (χ3v) is 5.16. The van der Waals surface area contributed by atoms with Crippen LogP contribution in [0, 0.1) is 0 Å². The molecule has 1 aromatic carbocycles. The molecule has 2 heterocycles. The Hall–Kier alpha value is -2.18. The van der Waals surface area contributed by atoms with E-state index in [9.17, 15) is 4.79 Å². The van der Waals surface area contributed by atoms with Crippen LogP contribution >= 0.6 is 22.7 Å². The average Bonchev–Trinajstić information content (AvgIpc) is 3.23. The van der Waals surface area contributed by atoms with E-state index < -0.39 is 0 Å². The van der Waals surface area contributed by atoms with E-state index in [1.165, 1.54) is 12.7 Å². The van der Waals surface area contributed by atoms with Crippen molar-refractivity contribution in [3.63, 3.8) is 0 Å². The predicted molar refractivity (Wildman–Crippen MR) is 94.9 cm³/mol. The normalized spacial score (nSPS) is 10.5. The van der Waals surface area contributed by atoms with E-state index in [1.807, 2.05) is 35.7 Å². The van der Waals surface area contributed by atoms with E-state index in [1.54, 1.807) is 22.7 Å². The molecule has 0 unspecified atom stereocenters. The number of methoxy groups -OCH3 is 1. The van der Waals surface area contributed by atoms with Crippen LogP contribution in [0.3, 0.4) is 0 Å². The second kappa shape index (κ2) is 7.39. The summed E-state index contributed by atoms with van der Waals surface area (Å²) in [7, 11) is 1.40. The molecule has 0 aliphatic rings. The average molecular weight is 344 g/mol. The van der Waals surface area contributed by atoms with E-state index in [-0.39, 0.29) is 5.97 Å². The molecule has 0 bridgehead atoms. The van der Waals surface area contributed by atoms with Crippen LogP contribution in [0.4, 0.5) is 5.13 Å². The summed E-state index contributed by atoms with van der Waals surface area (Å²) in [6.07, 6.45) is 0.310. The number of hydrogen-bond acceptors (Lipinski definition) is 6. The number of benzene rings is 1. The van der Waals surface area contributed by atoms with Crippen molar-refractivity contribution < 1.29 is 9.53 Å². The van der Waals surface area contributed by atoms with Crippen molar-refractivity contribution in [2.24, 2.45) is 0 Å². The maximum Gasteiger partial charge on any atom is 0.310 e. The van der Waals surface area contributed by atoms with E-state index in [2.05, 4.69) is 22.4 Å². The number of anilines is 1. The van der Waals surface area contributed by atoms with Gasteiger partial charge in [0.05, 0.1) is 24.1 Å². The lowest BCUT2D eigenvalue weighted by Crippen LogP contribution is -2.02. The number of thiophene rings is 1. The fourth-order valence-electron chi connectivity index (χ4n) is 2.07. The van der Waals surface area contributed by atoms with Gasteiger partial charge in [-0.2, -0.15) is 0 Å². The number of carbonyl (C=O) groups is 1. The molecular weight excluding hydrogens is 328 g/mol. The molecule has 3 aromatic rings. The molecular formula is C17H16N2O2S2. The molecule has 6 heteroatoms. The zero-order valence-electron chi connectivity index (χ0n) is 12.6. The van der Waals surface area contributed by atoms with Gasteiger partial charge in [0.1, 0.15) is 0 Å².